The maximum absolute atomic E-state index is 13.0. The Morgan fingerprint density at radius 3 is 2.71 bits per heavy atom. The third kappa shape index (κ3) is 3.12. The fourth-order valence-electron chi connectivity index (χ4n) is 6.31. The van der Waals surface area contributed by atoms with Crippen molar-refractivity contribution in [1.29, 1.82) is 0 Å². The number of rotatable bonds is 4. The molecular formula is C24H31N3O4. The lowest BCUT2D eigenvalue weighted by Crippen LogP contribution is -2.55. The quantitative estimate of drug-likeness (QED) is 0.747. The van der Waals surface area contributed by atoms with Crippen LogP contribution in [0.3, 0.4) is 0 Å². The van der Waals surface area contributed by atoms with Crippen LogP contribution in [0.4, 0.5) is 5.69 Å². The van der Waals surface area contributed by atoms with E-state index < -0.39 is 11.6 Å². The number of hydrogen-bond acceptors (Lipinski definition) is 5. The number of anilines is 1. The van der Waals surface area contributed by atoms with E-state index in [4.69, 9.17) is 4.74 Å². The van der Waals surface area contributed by atoms with Gasteiger partial charge in [0.1, 0.15) is 11.1 Å². The Morgan fingerprint density at radius 1 is 1.26 bits per heavy atom. The number of nitrogens with zero attached hydrogens (tertiary/aromatic N) is 3. The van der Waals surface area contributed by atoms with Gasteiger partial charge in [0.05, 0.1) is 11.0 Å². The minimum Gasteiger partial charge on any atom is -0.478 e. The van der Waals surface area contributed by atoms with Gasteiger partial charge >= 0.3 is 11.9 Å². The molecule has 1 saturated heterocycles. The van der Waals surface area contributed by atoms with Crippen LogP contribution in [0.5, 0.6) is 0 Å². The van der Waals surface area contributed by atoms with Crippen molar-refractivity contribution in [1.82, 2.24) is 9.78 Å². The molecule has 1 aromatic carbocycles. The van der Waals surface area contributed by atoms with Gasteiger partial charge in [0.15, 0.2) is 0 Å². The topological polar surface area (TPSA) is 84.7 Å². The molecule has 2 aromatic rings. The number of hydrogen-bond donors (Lipinski definition) is 1. The lowest BCUT2D eigenvalue weighted by Gasteiger charge is -2.52. The number of ether oxygens (including phenoxy) is 1. The predicted octanol–water partition coefficient (Wildman–Crippen LogP) is 3.95. The summed E-state index contributed by atoms with van der Waals surface area (Å²) in [7, 11) is 0. The van der Waals surface area contributed by atoms with Gasteiger partial charge in [-0.1, -0.05) is 0 Å². The summed E-state index contributed by atoms with van der Waals surface area (Å²) in [5.74, 6) is 0.351. The molecule has 7 heteroatoms. The normalized spacial score (nSPS) is 29.5. The summed E-state index contributed by atoms with van der Waals surface area (Å²) in [6, 6.07) is 3.62. The SMILES string of the molecule is CCn1cc2c(N3C[C@H]4CC5[C@@H](C3)C[C@@]5(C(=O)OC(C)(C)C)C4)ccc(C(=O)O)c2n1. The van der Waals surface area contributed by atoms with E-state index >= 15 is 0 Å². The molecule has 0 radical (unpaired) electrons. The first-order valence-corrected chi connectivity index (χ1v) is 11.3. The van der Waals surface area contributed by atoms with Gasteiger partial charge < -0.3 is 14.7 Å². The molecule has 3 aliphatic rings. The summed E-state index contributed by atoms with van der Waals surface area (Å²) in [4.78, 5) is 27.2. The first kappa shape index (κ1) is 20.3. The second-order valence-corrected chi connectivity index (χ2v) is 10.6. The van der Waals surface area contributed by atoms with Crippen molar-refractivity contribution in [2.75, 3.05) is 18.0 Å². The van der Waals surface area contributed by atoms with E-state index in [9.17, 15) is 14.7 Å². The van der Waals surface area contributed by atoms with E-state index in [0.717, 1.165) is 43.4 Å². The molecule has 166 valence electrons. The number of carboxylic acid groups (broad SMARTS) is 1. The highest BCUT2D eigenvalue weighted by Crippen LogP contribution is 2.65. The van der Waals surface area contributed by atoms with Crippen LogP contribution in [0, 0.1) is 23.2 Å². The smallest absolute Gasteiger partial charge is 0.337 e. The largest absolute Gasteiger partial charge is 0.478 e. The molecule has 31 heavy (non-hydrogen) atoms. The Bertz CT molecular complexity index is 1060. The van der Waals surface area contributed by atoms with Crippen LogP contribution < -0.4 is 4.90 Å². The van der Waals surface area contributed by atoms with Crippen molar-refractivity contribution in [2.24, 2.45) is 23.2 Å². The molecule has 1 aromatic heterocycles. The van der Waals surface area contributed by atoms with Crippen LogP contribution in [-0.2, 0) is 16.1 Å². The van der Waals surface area contributed by atoms with Crippen molar-refractivity contribution < 1.29 is 19.4 Å². The molecule has 2 bridgehead atoms. The van der Waals surface area contributed by atoms with Crippen LogP contribution in [0.15, 0.2) is 18.3 Å². The van der Waals surface area contributed by atoms with Gasteiger partial charge in [-0.25, -0.2) is 4.79 Å². The molecule has 0 amide bonds. The summed E-state index contributed by atoms with van der Waals surface area (Å²) in [5.41, 5.74) is 1.12. The maximum Gasteiger partial charge on any atom is 0.337 e. The number of esters is 1. The Morgan fingerprint density at radius 2 is 2.03 bits per heavy atom. The second-order valence-electron chi connectivity index (χ2n) is 10.6. The third-order valence-electron chi connectivity index (χ3n) is 7.48. The number of carbonyl (C=O) groups is 2. The zero-order chi connectivity index (χ0) is 22.1. The van der Waals surface area contributed by atoms with Gasteiger partial charge in [-0.2, -0.15) is 5.10 Å². The minimum atomic E-state index is -0.950. The number of carbonyl (C=O) groups excluding carboxylic acids is 1. The molecule has 1 unspecified atom stereocenters. The highest BCUT2D eigenvalue weighted by Gasteiger charge is 2.65. The fourth-order valence-corrected chi connectivity index (χ4v) is 6.31. The van der Waals surface area contributed by atoms with Crippen molar-refractivity contribution >= 4 is 28.5 Å². The van der Waals surface area contributed by atoms with Gasteiger partial charge in [-0.3, -0.25) is 9.48 Å². The van der Waals surface area contributed by atoms with E-state index in [1.165, 1.54) is 0 Å². The van der Waals surface area contributed by atoms with E-state index in [0.29, 0.717) is 29.8 Å². The number of aryl methyl sites for hydroxylation is 1. The van der Waals surface area contributed by atoms with Gasteiger partial charge in [0, 0.05) is 36.9 Å². The first-order valence-electron chi connectivity index (χ1n) is 11.3. The van der Waals surface area contributed by atoms with E-state index in [-0.39, 0.29) is 16.9 Å². The standard InChI is InChI=1S/C24H31N3O4/c1-5-27-13-17-19(7-6-16(21(28)29)20(17)25-27)26-11-14-8-18-15(12-26)10-24(18,9-14)22(30)31-23(2,3)4/h6-7,13-15,18H,5,8-12H2,1-4H3,(H,28,29)/t14-,15+,18?,24-/m0/s1. The van der Waals surface area contributed by atoms with E-state index in [1.54, 1.807) is 10.7 Å². The highest BCUT2D eigenvalue weighted by atomic mass is 16.6. The van der Waals surface area contributed by atoms with Crippen LogP contribution in [0.1, 0.15) is 57.3 Å². The number of carboxylic acids is 1. The Balaban J connectivity index is 1.44. The lowest BCUT2D eigenvalue weighted by atomic mass is 9.55. The number of fused-ring (bicyclic) bond motifs is 2. The fraction of sp³-hybridized carbons (Fsp3) is 0.625. The van der Waals surface area contributed by atoms with E-state index in [1.807, 2.05) is 40.0 Å². The maximum atomic E-state index is 13.0. The first-order chi connectivity index (χ1) is 14.6. The molecule has 2 heterocycles. The molecular weight excluding hydrogens is 394 g/mol. The molecule has 1 N–H and O–H groups in total. The Hall–Kier alpha value is -2.57. The van der Waals surface area contributed by atoms with Crippen LogP contribution in [0.25, 0.3) is 10.9 Å². The Kier molecular flexibility index (Phi) is 4.40. The summed E-state index contributed by atoms with van der Waals surface area (Å²) >= 11 is 0. The molecule has 2 aliphatic carbocycles. The highest BCUT2D eigenvalue weighted by molar-refractivity contribution is 6.06. The van der Waals surface area contributed by atoms with Crippen molar-refractivity contribution in [3.05, 3.63) is 23.9 Å². The van der Waals surface area contributed by atoms with E-state index in [2.05, 4.69) is 10.00 Å². The molecule has 2 saturated carbocycles. The molecule has 1 aliphatic heterocycles. The summed E-state index contributed by atoms with van der Waals surface area (Å²) in [5, 5.41) is 15.0. The van der Waals surface area contributed by atoms with Crippen LogP contribution in [0.2, 0.25) is 0 Å². The van der Waals surface area contributed by atoms with Gasteiger partial charge in [-0.15, -0.1) is 0 Å². The average Bonchev–Trinajstić information content (AvgIpc) is 3.16. The zero-order valence-electron chi connectivity index (χ0n) is 18.7. The lowest BCUT2D eigenvalue weighted by molar-refractivity contribution is -0.183. The summed E-state index contributed by atoms with van der Waals surface area (Å²) < 4.78 is 7.62. The van der Waals surface area contributed by atoms with Gasteiger partial charge in [0.2, 0.25) is 0 Å². The number of benzene rings is 1. The summed E-state index contributed by atoms with van der Waals surface area (Å²) in [6.45, 7) is 10.3. The molecule has 4 atom stereocenters. The predicted molar refractivity (Wildman–Crippen MR) is 117 cm³/mol. The molecule has 7 nitrogen and oxygen atoms in total. The zero-order valence-corrected chi connectivity index (χ0v) is 18.7. The van der Waals surface area contributed by atoms with Gasteiger partial charge in [0.25, 0.3) is 0 Å². The number of aromatic nitrogens is 2. The third-order valence-corrected chi connectivity index (χ3v) is 7.48. The monoisotopic (exact) mass is 425 g/mol. The Labute approximate surface area is 182 Å². The second kappa shape index (κ2) is 6.71. The average molecular weight is 426 g/mol. The molecule has 0 spiro atoms. The van der Waals surface area contributed by atoms with Crippen molar-refractivity contribution in [2.45, 2.75) is 59.1 Å². The molecule has 5 rings (SSSR count). The van der Waals surface area contributed by atoms with Crippen molar-refractivity contribution in [3.8, 4) is 0 Å². The minimum absolute atomic E-state index is 0.00498. The molecule has 3 fully saturated rings. The summed E-state index contributed by atoms with van der Waals surface area (Å²) in [6.07, 6.45) is 4.82. The van der Waals surface area contributed by atoms with Crippen molar-refractivity contribution in [3.63, 3.8) is 0 Å². The van der Waals surface area contributed by atoms with Crippen LogP contribution >= 0.6 is 0 Å². The van der Waals surface area contributed by atoms with Gasteiger partial charge in [-0.05, 0) is 76.8 Å². The number of aromatic carboxylic acids is 1. The van der Waals surface area contributed by atoms with Crippen LogP contribution in [-0.4, -0.2) is 45.5 Å².